The first kappa shape index (κ1) is 14.8. The molecule has 0 aliphatic heterocycles. The van der Waals surface area contributed by atoms with Gasteiger partial charge in [-0.1, -0.05) is 53.2 Å². The number of hydrogen-bond donors (Lipinski definition) is 2. The van der Waals surface area contributed by atoms with Crippen molar-refractivity contribution in [2.75, 3.05) is 5.32 Å². The molecule has 0 aliphatic rings. The van der Waals surface area contributed by atoms with Gasteiger partial charge in [-0.05, 0) is 35.7 Å². The Labute approximate surface area is 127 Å². The third-order valence-electron chi connectivity index (χ3n) is 3.15. The average molecular weight is 333 g/mol. The number of hydrogen-bond acceptors (Lipinski definition) is 2. The van der Waals surface area contributed by atoms with E-state index in [0.29, 0.717) is 0 Å². The zero-order valence-corrected chi connectivity index (χ0v) is 12.9. The molecule has 0 unspecified atom stereocenters. The first-order valence-corrected chi connectivity index (χ1v) is 7.31. The average Bonchev–Trinajstić information content (AvgIpc) is 2.49. The lowest BCUT2D eigenvalue weighted by Gasteiger charge is -2.15. The van der Waals surface area contributed by atoms with Crippen LogP contribution in [-0.2, 0) is 11.2 Å². The minimum absolute atomic E-state index is 0.201. The second-order valence-electron chi connectivity index (χ2n) is 4.53. The van der Waals surface area contributed by atoms with E-state index in [1.165, 1.54) is 0 Å². The van der Waals surface area contributed by atoms with Crippen LogP contribution in [0.1, 0.15) is 24.1 Å². The summed E-state index contributed by atoms with van der Waals surface area (Å²) in [6, 6.07) is 14.5. The molecule has 0 saturated carbocycles. The Morgan fingerprint density at radius 1 is 1.25 bits per heavy atom. The number of halogens is 1. The zero-order chi connectivity index (χ0) is 14.5. The number of nitrogens with two attached hydrogens (primary N) is 1. The van der Waals surface area contributed by atoms with Crippen molar-refractivity contribution in [3.05, 3.63) is 64.1 Å². The first-order chi connectivity index (χ1) is 9.61. The number of aryl methyl sites for hydroxylation is 1. The topological polar surface area (TPSA) is 55.1 Å². The third kappa shape index (κ3) is 3.46. The molecule has 0 heterocycles. The number of benzene rings is 2. The number of anilines is 1. The van der Waals surface area contributed by atoms with Crippen LogP contribution in [0.25, 0.3) is 0 Å². The second-order valence-corrected chi connectivity index (χ2v) is 5.45. The monoisotopic (exact) mass is 332 g/mol. The largest absolute Gasteiger partial charge is 0.324 e. The molecular weight excluding hydrogens is 316 g/mol. The summed E-state index contributed by atoms with van der Waals surface area (Å²) in [6.07, 6.45) is 0.843. The smallest absolute Gasteiger partial charge is 0.245 e. The van der Waals surface area contributed by atoms with Crippen LogP contribution in [0.4, 0.5) is 5.69 Å². The van der Waals surface area contributed by atoms with Crippen molar-refractivity contribution in [1.82, 2.24) is 0 Å². The molecule has 1 atom stereocenters. The van der Waals surface area contributed by atoms with Gasteiger partial charge >= 0.3 is 0 Å². The Kier molecular flexibility index (Phi) is 4.93. The van der Waals surface area contributed by atoms with Crippen LogP contribution in [0.3, 0.4) is 0 Å². The van der Waals surface area contributed by atoms with Crippen molar-refractivity contribution in [2.24, 2.45) is 5.73 Å². The molecule has 104 valence electrons. The normalized spacial score (nSPS) is 11.9. The van der Waals surface area contributed by atoms with Crippen molar-refractivity contribution in [1.29, 1.82) is 0 Å². The van der Waals surface area contributed by atoms with Gasteiger partial charge < -0.3 is 11.1 Å². The molecule has 0 aliphatic carbocycles. The van der Waals surface area contributed by atoms with Gasteiger partial charge in [-0.3, -0.25) is 4.79 Å². The molecule has 0 spiro atoms. The highest BCUT2D eigenvalue weighted by Crippen LogP contribution is 2.22. The molecule has 3 nitrogen and oxygen atoms in total. The van der Waals surface area contributed by atoms with Crippen LogP contribution >= 0.6 is 15.9 Å². The lowest BCUT2D eigenvalue weighted by Crippen LogP contribution is -2.28. The number of rotatable bonds is 4. The Morgan fingerprint density at radius 3 is 2.60 bits per heavy atom. The summed E-state index contributed by atoms with van der Waals surface area (Å²) in [4.78, 5) is 12.2. The van der Waals surface area contributed by atoms with Crippen molar-refractivity contribution >= 4 is 27.5 Å². The molecule has 0 radical (unpaired) electrons. The van der Waals surface area contributed by atoms with E-state index in [-0.39, 0.29) is 5.91 Å². The van der Waals surface area contributed by atoms with E-state index in [1.54, 1.807) is 0 Å². The first-order valence-electron chi connectivity index (χ1n) is 6.51. The highest BCUT2D eigenvalue weighted by atomic mass is 79.9. The number of carbonyl (C=O) groups is 1. The Hall–Kier alpha value is -1.65. The fourth-order valence-corrected chi connectivity index (χ4v) is 2.41. The molecule has 2 aromatic carbocycles. The highest BCUT2D eigenvalue weighted by Gasteiger charge is 2.16. The summed E-state index contributed by atoms with van der Waals surface area (Å²) in [5, 5.41) is 2.90. The summed E-state index contributed by atoms with van der Waals surface area (Å²) in [6.45, 7) is 2.05. The Morgan fingerprint density at radius 2 is 1.95 bits per heavy atom. The maximum atomic E-state index is 12.2. The van der Waals surface area contributed by atoms with Crippen LogP contribution in [0, 0.1) is 0 Å². The quantitative estimate of drug-likeness (QED) is 0.897. The lowest BCUT2D eigenvalue weighted by molar-refractivity contribution is -0.117. The summed E-state index contributed by atoms with van der Waals surface area (Å²) in [7, 11) is 0. The maximum absolute atomic E-state index is 12.2. The van der Waals surface area contributed by atoms with Gasteiger partial charge in [-0.15, -0.1) is 0 Å². The number of carbonyl (C=O) groups excluding carboxylic acids is 1. The molecule has 3 N–H and O–H groups in total. The molecule has 0 fully saturated rings. The van der Waals surface area contributed by atoms with Crippen molar-refractivity contribution in [3.63, 3.8) is 0 Å². The molecule has 2 rings (SSSR count). The third-order valence-corrected chi connectivity index (χ3v) is 3.64. The predicted molar refractivity (Wildman–Crippen MR) is 85.5 cm³/mol. The van der Waals surface area contributed by atoms with Gasteiger partial charge in [-0.25, -0.2) is 0 Å². The van der Waals surface area contributed by atoms with Gasteiger partial charge in [0.2, 0.25) is 5.91 Å². The van der Waals surface area contributed by atoms with Gasteiger partial charge in [0.25, 0.3) is 0 Å². The van der Waals surface area contributed by atoms with Gasteiger partial charge in [-0.2, -0.15) is 0 Å². The second kappa shape index (κ2) is 6.68. The minimum Gasteiger partial charge on any atom is -0.324 e. The van der Waals surface area contributed by atoms with E-state index in [2.05, 4.69) is 28.2 Å². The highest BCUT2D eigenvalue weighted by molar-refractivity contribution is 9.10. The van der Waals surface area contributed by atoms with E-state index in [1.807, 2.05) is 48.5 Å². The fraction of sp³-hybridized carbons (Fsp3) is 0.188. The van der Waals surface area contributed by atoms with Gasteiger partial charge in [0.1, 0.15) is 6.04 Å². The molecule has 0 bridgehead atoms. The molecule has 0 aromatic heterocycles. The van der Waals surface area contributed by atoms with Crippen LogP contribution in [-0.4, -0.2) is 5.91 Å². The molecule has 0 saturated heterocycles. The van der Waals surface area contributed by atoms with E-state index in [4.69, 9.17) is 5.73 Å². The molecule has 1 amide bonds. The molecular formula is C16H17BrN2O. The van der Waals surface area contributed by atoms with Crippen LogP contribution < -0.4 is 11.1 Å². The van der Waals surface area contributed by atoms with Crippen molar-refractivity contribution in [2.45, 2.75) is 19.4 Å². The number of amides is 1. The van der Waals surface area contributed by atoms with E-state index < -0.39 is 6.04 Å². The minimum atomic E-state index is -0.662. The van der Waals surface area contributed by atoms with Crippen LogP contribution in [0.5, 0.6) is 0 Å². The van der Waals surface area contributed by atoms with Crippen molar-refractivity contribution in [3.8, 4) is 0 Å². The Balaban J connectivity index is 2.16. The fourth-order valence-electron chi connectivity index (χ4n) is 2.00. The van der Waals surface area contributed by atoms with Gasteiger partial charge in [0.15, 0.2) is 0 Å². The van der Waals surface area contributed by atoms with Crippen molar-refractivity contribution < 1.29 is 4.79 Å². The zero-order valence-electron chi connectivity index (χ0n) is 11.3. The summed E-state index contributed by atoms with van der Waals surface area (Å²) < 4.78 is 1.000. The molecule has 4 heteroatoms. The predicted octanol–water partition coefficient (Wildman–Crippen LogP) is 3.65. The number of nitrogens with one attached hydrogen (secondary N) is 1. The van der Waals surface area contributed by atoms with Crippen LogP contribution in [0.15, 0.2) is 53.0 Å². The molecule has 20 heavy (non-hydrogen) atoms. The van der Waals surface area contributed by atoms with E-state index in [0.717, 1.165) is 27.7 Å². The summed E-state index contributed by atoms with van der Waals surface area (Å²) >= 11 is 3.43. The lowest BCUT2D eigenvalue weighted by atomic mass is 10.1. The summed E-state index contributed by atoms with van der Waals surface area (Å²) in [5.74, 6) is -0.201. The molecule has 2 aromatic rings. The maximum Gasteiger partial charge on any atom is 0.245 e. The van der Waals surface area contributed by atoms with Gasteiger partial charge in [0, 0.05) is 10.2 Å². The Bertz CT molecular complexity index is 599. The van der Waals surface area contributed by atoms with E-state index in [9.17, 15) is 4.79 Å². The summed E-state index contributed by atoms with van der Waals surface area (Å²) in [5.41, 5.74) is 8.68. The van der Waals surface area contributed by atoms with Gasteiger partial charge in [0.05, 0.1) is 0 Å². The standard InChI is InChI=1S/C16H17BrN2O/c1-2-11-10-13(17)8-9-14(11)19-16(20)15(18)12-6-4-3-5-7-12/h3-10,15H,2,18H2,1H3,(H,19,20)/t15-/m1/s1. The van der Waals surface area contributed by atoms with Crippen LogP contribution in [0.2, 0.25) is 0 Å². The SMILES string of the molecule is CCc1cc(Br)ccc1NC(=O)[C@H](N)c1ccccc1. The van der Waals surface area contributed by atoms with E-state index >= 15 is 0 Å².